The van der Waals surface area contributed by atoms with Gasteiger partial charge in [0.05, 0.1) is 0 Å². The Hall–Kier alpha value is -1.71. The van der Waals surface area contributed by atoms with Crippen LogP contribution in [0.15, 0.2) is 54.2 Å². The summed E-state index contributed by atoms with van der Waals surface area (Å²) < 4.78 is 0. The number of benzene rings is 1. The van der Waals surface area contributed by atoms with E-state index in [1.807, 2.05) is 12.4 Å². The molecular weight excluding hydrogens is 252 g/mol. The van der Waals surface area contributed by atoms with Gasteiger partial charge in [0.2, 0.25) is 0 Å². The van der Waals surface area contributed by atoms with Gasteiger partial charge in [-0.1, -0.05) is 18.2 Å². The van der Waals surface area contributed by atoms with Crippen molar-refractivity contribution >= 4 is 22.1 Å². The molecule has 1 aromatic carbocycles. The molecule has 2 heterocycles. The standard InChI is InChI=1S/C16H16N2S/c1-12(16-3-2-8-19-16)18-10-13-4-5-15-11-17-7-6-14(15)9-13/h2-9,11-12,18H,10H2,1H3/t12-/m1/s1. The summed E-state index contributed by atoms with van der Waals surface area (Å²) in [4.78, 5) is 5.52. The van der Waals surface area contributed by atoms with E-state index >= 15 is 0 Å². The number of hydrogen-bond donors (Lipinski definition) is 1. The van der Waals surface area contributed by atoms with Crippen molar-refractivity contribution in [3.8, 4) is 0 Å². The van der Waals surface area contributed by atoms with Crippen molar-refractivity contribution in [3.63, 3.8) is 0 Å². The van der Waals surface area contributed by atoms with Crippen LogP contribution in [-0.2, 0) is 6.54 Å². The monoisotopic (exact) mass is 268 g/mol. The Morgan fingerprint density at radius 3 is 3.00 bits per heavy atom. The lowest BCUT2D eigenvalue weighted by Gasteiger charge is -2.12. The number of pyridine rings is 1. The highest BCUT2D eigenvalue weighted by Gasteiger charge is 2.05. The van der Waals surface area contributed by atoms with E-state index in [9.17, 15) is 0 Å². The third kappa shape index (κ3) is 2.83. The Morgan fingerprint density at radius 2 is 2.16 bits per heavy atom. The molecular formula is C16H16N2S. The van der Waals surface area contributed by atoms with Crippen molar-refractivity contribution in [2.24, 2.45) is 0 Å². The topological polar surface area (TPSA) is 24.9 Å². The lowest BCUT2D eigenvalue weighted by Crippen LogP contribution is -2.17. The molecule has 0 amide bonds. The van der Waals surface area contributed by atoms with Gasteiger partial charge in [-0.05, 0) is 41.5 Å². The number of nitrogens with one attached hydrogen (secondary N) is 1. The fraction of sp³-hybridized carbons (Fsp3) is 0.188. The first-order chi connectivity index (χ1) is 9.33. The van der Waals surface area contributed by atoms with E-state index < -0.39 is 0 Å². The van der Waals surface area contributed by atoms with Crippen LogP contribution < -0.4 is 5.32 Å². The Bertz CT molecular complexity index is 661. The lowest BCUT2D eigenvalue weighted by molar-refractivity contribution is 0.583. The lowest BCUT2D eigenvalue weighted by atomic mass is 10.1. The zero-order valence-electron chi connectivity index (χ0n) is 10.8. The van der Waals surface area contributed by atoms with Gasteiger partial charge < -0.3 is 5.32 Å². The molecule has 1 atom stereocenters. The second-order valence-electron chi connectivity index (χ2n) is 4.68. The van der Waals surface area contributed by atoms with Crippen LogP contribution in [0.1, 0.15) is 23.4 Å². The van der Waals surface area contributed by atoms with Crippen molar-refractivity contribution in [3.05, 3.63) is 64.6 Å². The molecule has 0 unspecified atom stereocenters. The van der Waals surface area contributed by atoms with Gasteiger partial charge in [-0.25, -0.2) is 0 Å². The Morgan fingerprint density at radius 1 is 1.21 bits per heavy atom. The minimum atomic E-state index is 0.396. The summed E-state index contributed by atoms with van der Waals surface area (Å²) in [5.74, 6) is 0. The number of nitrogens with zero attached hydrogens (tertiary/aromatic N) is 1. The molecule has 0 aliphatic carbocycles. The first-order valence-electron chi connectivity index (χ1n) is 6.42. The molecule has 1 N–H and O–H groups in total. The molecule has 0 bridgehead atoms. The maximum absolute atomic E-state index is 4.14. The average molecular weight is 268 g/mol. The second-order valence-corrected chi connectivity index (χ2v) is 5.65. The molecule has 0 saturated carbocycles. The molecule has 0 aliphatic rings. The van der Waals surface area contributed by atoms with Crippen molar-refractivity contribution in [2.75, 3.05) is 0 Å². The van der Waals surface area contributed by atoms with Gasteiger partial charge in [-0.3, -0.25) is 4.98 Å². The molecule has 0 spiro atoms. The van der Waals surface area contributed by atoms with Crippen LogP contribution in [0.25, 0.3) is 10.8 Å². The van der Waals surface area contributed by atoms with Crippen LogP contribution in [-0.4, -0.2) is 4.98 Å². The highest BCUT2D eigenvalue weighted by molar-refractivity contribution is 7.10. The van der Waals surface area contributed by atoms with E-state index in [1.165, 1.54) is 21.2 Å². The average Bonchev–Trinajstić information content (AvgIpc) is 2.99. The summed E-state index contributed by atoms with van der Waals surface area (Å²) in [7, 11) is 0. The van der Waals surface area contributed by atoms with Crippen molar-refractivity contribution < 1.29 is 0 Å². The number of rotatable bonds is 4. The first kappa shape index (κ1) is 12.3. The Labute approximate surface area is 117 Å². The maximum Gasteiger partial charge on any atom is 0.0388 e. The molecule has 3 heteroatoms. The fourth-order valence-corrected chi connectivity index (χ4v) is 2.91. The summed E-state index contributed by atoms with van der Waals surface area (Å²) in [5.41, 5.74) is 1.31. The number of aromatic nitrogens is 1. The predicted molar refractivity (Wildman–Crippen MR) is 81.3 cm³/mol. The summed E-state index contributed by atoms with van der Waals surface area (Å²) in [6.45, 7) is 3.09. The molecule has 3 aromatic rings. The first-order valence-corrected chi connectivity index (χ1v) is 7.30. The molecule has 2 aromatic heterocycles. The van der Waals surface area contributed by atoms with Crippen molar-refractivity contribution in [1.29, 1.82) is 0 Å². The van der Waals surface area contributed by atoms with E-state index in [0.29, 0.717) is 6.04 Å². The van der Waals surface area contributed by atoms with E-state index in [2.05, 4.69) is 59.0 Å². The Kier molecular flexibility index (Phi) is 3.58. The molecule has 96 valence electrons. The van der Waals surface area contributed by atoms with E-state index in [-0.39, 0.29) is 0 Å². The number of hydrogen-bond acceptors (Lipinski definition) is 3. The van der Waals surface area contributed by atoms with Crippen LogP contribution in [0.5, 0.6) is 0 Å². The summed E-state index contributed by atoms with van der Waals surface area (Å²) in [5, 5.41) is 8.12. The largest absolute Gasteiger partial charge is 0.305 e. The van der Waals surface area contributed by atoms with Gasteiger partial charge in [-0.2, -0.15) is 0 Å². The maximum atomic E-state index is 4.14. The third-order valence-electron chi connectivity index (χ3n) is 3.29. The molecule has 0 fully saturated rings. The molecule has 3 rings (SSSR count). The fourth-order valence-electron chi connectivity index (χ4n) is 2.15. The van der Waals surface area contributed by atoms with Crippen LogP contribution >= 0.6 is 11.3 Å². The van der Waals surface area contributed by atoms with Crippen LogP contribution in [0, 0.1) is 0 Å². The Balaban J connectivity index is 1.71. The van der Waals surface area contributed by atoms with Gasteiger partial charge >= 0.3 is 0 Å². The van der Waals surface area contributed by atoms with E-state index in [4.69, 9.17) is 0 Å². The highest BCUT2D eigenvalue weighted by atomic mass is 32.1. The molecule has 0 saturated heterocycles. The molecule has 19 heavy (non-hydrogen) atoms. The molecule has 0 radical (unpaired) electrons. The summed E-state index contributed by atoms with van der Waals surface area (Å²) >= 11 is 1.80. The van der Waals surface area contributed by atoms with Gasteiger partial charge in [0.25, 0.3) is 0 Å². The zero-order chi connectivity index (χ0) is 13.1. The van der Waals surface area contributed by atoms with Gasteiger partial charge in [-0.15, -0.1) is 11.3 Å². The summed E-state index contributed by atoms with van der Waals surface area (Å²) in [6.07, 6.45) is 3.74. The predicted octanol–water partition coefficient (Wildman–Crippen LogP) is 4.15. The summed E-state index contributed by atoms with van der Waals surface area (Å²) in [6, 6.07) is 13.3. The smallest absolute Gasteiger partial charge is 0.0388 e. The van der Waals surface area contributed by atoms with E-state index in [1.54, 1.807) is 11.3 Å². The van der Waals surface area contributed by atoms with Gasteiger partial charge in [0.1, 0.15) is 0 Å². The van der Waals surface area contributed by atoms with Crippen molar-refractivity contribution in [2.45, 2.75) is 19.5 Å². The van der Waals surface area contributed by atoms with Crippen molar-refractivity contribution in [1.82, 2.24) is 10.3 Å². The zero-order valence-corrected chi connectivity index (χ0v) is 11.7. The SMILES string of the molecule is C[C@@H](NCc1ccc2cnccc2c1)c1cccs1. The number of thiophene rings is 1. The van der Waals surface area contributed by atoms with Gasteiger partial charge in [0.15, 0.2) is 0 Å². The highest BCUT2D eigenvalue weighted by Crippen LogP contribution is 2.19. The van der Waals surface area contributed by atoms with Crippen LogP contribution in [0.4, 0.5) is 0 Å². The van der Waals surface area contributed by atoms with E-state index in [0.717, 1.165) is 6.54 Å². The van der Waals surface area contributed by atoms with Crippen LogP contribution in [0.3, 0.4) is 0 Å². The quantitative estimate of drug-likeness (QED) is 0.769. The minimum Gasteiger partial charge on any atom is -0.305 e. The molecule has 0 aliphatic heterocycles. The third-order valence-corrected chi connectivity index (χ3v) is 4.34. The van der Waals surface area contributed by atoms with Crippen LogP contribution in [0.2, 0.25) is 0 Å². The number of fused-ring (bicyclic) bond motifs is 1. The second kappa shape index (κ2) is 5.51. The molecule has 2 nitrogen and oxygen atoms in total. The van der Waals surface area contributed by atoms with Gasteiger partial charge in [0, 0.05) is 35.2 Å². The normalized spacial score (nSPS) is 12.7. The minimum absolute atomic E-state index is 0.396.